The maximum absolute atomic E-state index is 13.2. The first-order valence-corrected chi connectivity index (χ1v) is 10.1. The Morgan fingerprint density at radius 2 is 1.79 bits per heavy atom. The third-order valence-corrected chi connectivity index (χ3v) is 4.94. The zero-order chi connectivity index (χ0) is 21.4. The molecule has 0 saturated heterocycles. The summed E-state index contributed by atoms with van der Waals surface area (Å²) in [5.41, 5.74) is 2.97. The van der Waals surface area contributed by atoms with E-state index in [-0.39, 0.29) is 18.2 Å². The van der Waals surface area contributed by atoms with Crippen molar-refractivity contribution in [1.29, 1.82) is 0 Å². The average molecular weight is 397 g/mol. The first-order chi connectivity index (χ1) is 13.8. The minimum atomic E-state index is -0.573. The van der Waals surface area contributed by atoms with Gasteiger partial charge in [-0.15, -0.1) is 0 Å². The van der Waals surface area contributed by atoms with Gasteiger partial charge in [0.25, 0.3) is 0 Å². The maximum Gasteiger partial charge on any atom is 0.242 e. The fourth-order valence-electron chi connectivity index (χ4n) is 3.08. The molecule has 2 rings (SSSR count). The van der Waals surface area contributed by atoms with Crippen molar-refractivity contribution in [2.45, 2.75) is 46.7 Å². The molecule has 0 saturated carbocycles. The molecule has 1 N–H and O–H groups in total. The summed E-state index contributed by atoms with van der Waals surface area (Å²) in [5, 5.41) is 2.94. The largest absolute Gasteiger partial charge is 0.497 e. The van der Waals surface area contributed by atoms with Crippen LogP contribution in [0.2, 0.25) is 0 Å². The van der Waals surface area contributed by atoms with Gasteiger partial charge < -0.3 is 15.0 Å². The van der Waals surface area contributed by atoms with Crippen LogP contribution in [-0.4, -0.2) is 36.4 Å². The van der Waals surface area contributed by atoms with Crippen molar-refractivity contribution in [1.82, 2.24) is 10.2 Å². The summed E-state index contributed by atoms with van der Waals surface area (Å²) in [5.74, 6) is 0.861. The number of nitrogens with zero attached hydrogens (tertiary/aromatic N) is 1. The Hall–Kier alpha value is -2.82. The summed E-state index contributed by atoms with van der Waals surface area (Å²) >= 11 is 0. The molecular formula is C24H32N2O3. The molecule has 0 spiro atoms. The van der Waals surface area contributed by atoms with Gasteiger partial charge in [-0.2, -0.15) is 0 Å². The van der Waals surface area contributed by atoms with Crippen LogP contribution in [-0.2, 0) is 22.6 Å². The predicted octanol–water partition coefficient (Wildman–Crippen LogP) is 3.74. The SMILES string of the molecule is COc1cccc(CN(C(=O)Cc2ccccc2C)C(C)C(=O)NCC(C)C)c1. The highest BCUT2D eigenvalue weighted by atomic mass is 16.5. The van der Waals surface area contributed by atoms with Crippen LogP contribution in [0.1, 0.15) is 37.5 Å². The number of carbonyl (C=O) groups excluding carboxylic acids is 2. The molecule has 5 nitrogen and oxygen atoms in total. The number of aryl methyl sites for hydroxylation is 1. The summed E-state index contributed by atoms with van der Waals surface area (Å²) < 4.78 is 5.30. The smallest absolute Gasteiger partial charge is 0.242 e. The number of methoxy groups -OCH3 is 1. The molecule has 156 valence electrons. The number of hydrogen-bond acceptors (Lipinski definition) is 3. The monoisotopic (exact) mass is 396 g/mol. The van der Waals surface area contributed by atoms with Gasteiger partial charge in [0.15, 0.2) is 0 Å². The van der Waals surface area contributed by atoms with Gasteiger partial charge in [-0.3, -0.25) is 9.59 Å². The van der Waals surface area contributed by atoms with Crippen LogP contribution in [0.4, 0.5) is 0 Å². The highest BCUT2D eigenvalue weighted by Gasteiger charge is 2.26. The fraction of sp³-hybridized carbons (Fsp3) is 0.417. The van der Waals surface area contributed by atoms with Gasteiger partial charge in [0, 0.05) is 13.1 Å². The third-order valence-electron chi connectivity index (χ3n) is 4.94. The third kappa shape index (κ3) is 6.63. The predicted molar refractivity (Wildman–Crippen MR) is 116 cm³/mol. The lowest BCUT2D eigenvalue weighted by Gasteiger charge is -2.29. The minimum absolute atomic E-state index is 0.0747. The normalized spacial score (nSPS) is 11.8. The highest BCUT2D eigenvalue weighted by molar-refractivity contribution is 5.88. The summed E-state index contributed by atoms with van der Waals surface area (Å²) in [6.07, 6.45) is 0.262. The second-order valence-corrected chi connectivity index (χ2v) is 7.79. The van der Waals surface area contributed by atoms with Crippen molar-refractivity contribution in [3.05, 3.63) is 65.2 Å². The van der Waals surface area contributed by atoms with E-state index in [1.54, 1.807) is 18.9 Å². The Morgan fingerprint density at radius 1 is 1.07 bits per heavy atom. The number of carbonyl (C=O) groups is 2. The number of rotatable bonds is 9. The molecule has 0 heterocycles. The highest BCUT2D eigenvalue weighted by Crippen LogP contribution is 2.18. The molecule has 0 aliphatic rings. The lowest BCUT2D eigenvalue weighted by Crippen LogP contribution is -2.48. The van der Waals surface area contributed by atoms with Crippen molar-refractivity contribution in [2.75, 3.05) is 13.7 Å². The Labute approximate surface area is 174 Å². The Bertz CT molecular complexity index is 832. The molecule has 0 aliphatic carbocycles. The van der Waals surface area contributed by atoms with Crippen molar-refractivity contribution in [2.24, 2.45) is 5.92 Å². The van der Waals surface area contributed by atoms with Crippen molar-refractivity contribution in [3.8, 4) is 5.75 Å². The molecule has 0 aromatic heterocycles. The maximum atomic E-state index is 13.2. The second-order valence-electron chi connectivity index (χ2n) is 7.79. The van der Waals surface area contributed by atoms with Crippen LogP contribution < -0.4 is 10.1 Å². The lowest BCUT2D eigenvalue weighted by atomic mass is 10.0. The topological polar surface area (TPSA) is 58.6 Å². The van der Waals surface area contributed by atoms with Crippen LogP contribution in [0.25, 0.3) is 0 Å². The van der Waals surface area contributed by atoms with Crippen LogP contribution in [0, 0.1) is 12.8 Å². The summed E-state index contributed by atoms with van der Waals surface area (Å²) in [6, 6.07) is 14.9. The number of nitrogens with one attached hydrogen (secondary N) is 1. The van der Waals surface area contributed by atoms with E-state index in [0.717, 1.165) is 22.4 Å². The molecule has 0 aliphatic heterocycles. The molecule has 5 heteroatoms. The summed E-state index contributed by atoms with van der Waals surface area (Å²) in [4.78, 5) is 27.6. The van der Waals surface area contributed by atoms with E-state index in [4.69, 9.17) is 4.74 Å². The first-order valence-electron chi connectivity index (χ1n) is 10.1. The molecule has 2 aromatic carbocycles. The number of hydrogen-bond donors (Lipinski definition) is 1. The number of amides is 2. The van der Waals surface area contributed by atoms with E-state index in [9.17, 15) is 9.59 Å². The molecule has 2 aromatic rings. The van der Waals surface area contributed by atoms with Gasteiger partial charge in [-0.05, 0) is 48.6 Å². The van der Waals surface area contributed by atoms with E-state index < -0.39 is 6.04 Å². The van der Waals surface area contributed by atoms with E-state index in [0.29, 0.717) is 19.0 Å². The first kappa shape index (κ1) is 22.5. The van der Waals surface area contributed by atoms with Crippen molar-refractivity contribution in [3.63, 3.8) is 0 Å². The zero-order valence-corrected chi connectivity index (χ0v) is 18.1. The molecule has 0 bridgehead atoms. The van der Waals surface area contributed by atoms with Gasteiger partial charge in [-0.25, -0.2) is 0 Å². The van der Waals surface area contributed by atoms with Crippen molar-refractivity contribution < 1.29 is 14.3 Å². The van der Waals surface area contributed by atoms with Gasteiger partial charge >= 0.3 is 0 Å². The fourth-order valence-corrected chi connectivity index (χ4v) is 3.08. The second kappa shape index (κ2) is 10.6. The molecule has 1 atom stereocenters. The minimum Gasteiger partial charge on any atom is -0.497 e. The van der Waals surface area contributed by atoms with Gasteiger partial charge in [-0.1, -0.05) is 50.2 Å². The van der Waals surface area contributed by atoms with Crippen LogP contribution in [0.15, 0.2) is 48.5 Å². The zero-order valence-electron chi connectivity index (χ0n) is 18.1. The number of ether oxygens (including phenoxy) is 1. The molecule has 1 unspecified atom stereocenters. The van der Waals surface area contributed by atoms with Crippen LogP contribution in [0.3, 0.4) is 0 Å². The van der Waals surface area contributed by atoms with E-state index >= 15 is 0 Å². The van der Waals surface area contributed by atoms with Crippen molar-refractivity contribution >= 4 is 11.8 Å². The van der Waals surface area contributed by atoms with E-state index in [2.05, 4.69) is 5.32 Å². The van der Waals surface area contributed by atoms with Gasteiger partial charge in [0.2, 0.25) is 11.8 Å². The molecule has 2 amide bonds. The Kier molecular flexibility index (Phi) is 8.25. The molecule has 29 heavy (non-hydrogen) atoms. The number of benzene rings is 2. The van der Waals surface area contributed by atoms with E-state index in [1.807, 2.05) is 69.3 Å². The molecule has 0 fully saturated rings. The van der Waals surface area contributed by atoms with Gasteiger partial charge in [0.05, 0.1) is 13.5 Å². The van der Waals surface area contributed by atoms with Crippen LogP contribution in [0.5, 0.6) is 5.75 Å². The Morgan fingerprint density at radius 3 is 2.45 bits per heavy atom. The average Bonchev–Trinajstić information content (AvgIpc) is 2.71. The van der Waals surface area contributed by atoms with E-state index in [1.165, 1.54) is 0 Å². The van der Waals surface area contributed by atoms with Crippen LogP contribution >= 0.6 is 0 Å². The van der Waals surface area contributed by atoms with Gasteiger partial charge in [0.1, 0.15) is 11.8 Å². The standard InChI is InChI=1S/C24H32N2O3/c1-17(2)15-25-24(28)19(4)26(16-20-10-8-12-22(13-20)29-5)23(27)14-21-11-7-6-9-18(21)3/h6-13,17,19H,14-16H2,1-5H3,(H,25,28). The lowest BCUT2D eigenvalue weighted by molar-refractivity contribution is -0.140. The summed E-state index contributed by atoms with van der Waals surface area (Å²) in [7, 11) is 1.61. The Balaban J connectivity index is 2.24. The quantitative estimate of drug-likeness (QED) is 0.703. The molecule has 0 radical (unpaired) electrons. The molecular weight excluding hydrogens is 364 g/mol. The summed E-state index contributed by atoms with van der Waals surface area (Å²) in [6.45, 7) is 8.80.